The average Bonchev–Trinajstić information content (AvgIpc) is 2.73. The summed E-state index contributed by atoms with van der Waals surface area (Å²) in [5.41, 5.74) is 1.12. The summed E-state index contributed by atoms with van der Waals surface area (Å²) in [5, 5.41) is 2.03. The van der Waals surface area contributed by atoms with Crippen LogP contribution in [0, 0.1) is 0 Å². The number of nitrogens with zero attached hydrogens (tertiary/aromatic N) is 2. The zero-order valence-corrected chi connectivity index (χ0v) is 13.7. The third kappa shape index (κ3) is 3.55. The Kier molecular flexibility index (Phi) is 4.27. The molecule has 0 amide bonds. The smallest absolute Gasteiger partial charge is 0.179 e. The Bertz CT molecular complexity index is 683. The molecule has 0 aliphatic rings. The predicted octanol–water partition coefficient (Wildman–Crippen LogP) is 2.95. The molecule has 0 aromatic carbocycles. The second-order valence-corrected chi connectivity index (χ2v) is 8.49. The van der Waals surface area contributed by atoms with Crippen LogP contribution < -0.4 is 4.90 Å². The molecule has 0 unspecified atom stereocenters. The van der Waals surface area contributed by atoms with Gasteiger partial charge in [-0.1, -0.05) is 0 Å². The van der Waals surface area contributed by atoms with Crippen LogP contribution in [0.2, 0.25) is 0 Å². The first kappa shape index (κ1) is 14.5. The zero-order chi connectivity index (χ0) is 14.0. The van der Waals surface area contributed by atoms with Crippen LogP contribution in [0.5, 0.6) is 0 Å². The molecule has 2 aromatic heterocycles. The SMILES string of the molecule is CN(Cc1csc(Br)c1)c1ncccc1S(C)(=O)=O. The highest BCUT2D eigenvalue weighted by atomic mass is 79.9. The van der Waals surface area contributed by atoms with E-state index in [1.165, 1.54) is 6.26 Å². The minimum Gasteiger partial charge on any atom is -0.354 e. The third-order valence-electron chi connectivity index (χ3n) is 2.55. The van der Waals surface area contributed by atoms with Gasteiger partial charge in [0.05, 0.1) is 3.79 Å². The quantitative estimate of drug-likeness (QED) is 0.840. The fourth-order valence-corrected chi connectivity index (χ4v) is 3.80. The molecule has 2 aromatic rings. The van der Waals surface area contributed by atoms with Crippen molar-refractivity contribution in [3.05, 3.63) is 39.1 Å². The Hall–Kier alpha value is -0.920. The molecule has 0 fully saturated rings. The van der Waals surface area contributed by atoms with Gasteiger partial charge in [-0.2, -0.15) is 0 Å². The van der Waals surface area contributed by atoms with Crippen LogP contribution in [0.25, 0.3) is 0 Å². The number of rotatable bonds is 4. The van der Waals surface area contributed by atoms with Crippen LogP contribution in [-0.2, 0) is 16.4 Å². The molecule has 0 spiro atoms. The van der Waals surface area contributed by atoms with Gasteiger partial charge < -0.3 is 4.90 Å². The zero-order valence-electron chi connectivity index (χ0n) is 10.5. The average molecular weight is 361 g/mol. The Balaban J connectivity index is 2.31. The summed E-state index contributed by atoms with van der Waals surface area (Å²) in [6.07, 6.45) is 2.80. The summed E-state index contributed by atoms with van der Waals surface area (Å²) < 4.78 is 24.5. The number of anilines is 1. The number of aromatic nitrogens is 1. The van der Waals surface area contributed by atoms with Gasteiger partial charge in [0, 0.05) is 26.0 Å². The number of hydrogen-bond donors (Lipinski definition) is 0. The van der Waals surface area contributed by atoms with Crippen LogP contribution in [0.15, 0.2) is 38.5 Å². The Morgan fingerprint density at radius 2 is 2.21 bits per heavy atom. The highest BCUT2D eigenvalue weighted by Gasteiger charge is 2.17. The topological polar surface area (TPSA) is 50.3 Å². The van der Waals surface area contributed by atoms with E-state index in [1.807, 2.05) is 23.4 Å². The maximum Gasteiger partial charge on any atom is 0.179 e. The lowest BCUT2D eigenvalue weighted by atomic mass is 10.3. The highest BCUT2D eigenvalue weighted by molar-refractivity contribution is 9.11. The molecule has 102 valence electrons. The first-order valence-corrected chi connectivity index (χ1v) is 9.03. The van der Waals surface area contributed by atoms with Crippen LogP contribution in [0.1, 0.15) is 5.56 Å². The molecule has 0 saturated heterocycles. The van der Waals surface area contributed by atoms with E-state index in [4.69, 9.17) is 0 Å². The van der Waals surface area contributed by atoms with Crippen LogP contribution in [0.3, 0.4) is 0 Å². The van der Waals surface area contributed by atoms with Crippen molar-refractivity contribution >= 4 is 42.9 Å². The normalized spacial score (nSPS) is 11.5. The summed E-state index contributed by atoms with van der Waals surface area (Å²) >= 11 is 5.02. The maximum absolute atomic E-state index is 11.7. The Morgan fingerprint density at radius 3 is 2.79 bits per heavy atom. The summed E-state index contributed by atoms with van der Waals surface area (Å²) in [4.78, 5) is 6.28. The van der Waals surface area contributed by atoms with Gasteiger partial charge >= 0.3 is 0 Å². The lowest BCUT2D eigenvalue weighted by Gasteiger charge is -2.19. The van der Waals surface area contributed by atoms with Gasteiger partial charge in [0.1, 0.15) is 10.7 Å². The second-order valence-electron chi connectivity index (χ2n) is 4.21. The van der Waals surface area contributed by atoms with E-state index in [0.717, 1.165) is 9.35 Å². The van der Waals surface area contributed by atoms with Gasteiger partial charge in [0.2, 0.25) is 0 Å². The van der Waals surface area contributed by atoms with Gasteiger partial charge in [-0.05, 0) is 45.1 Å². The molecule has 4 nitrogen and oxygen atoms in total. The fourth-order valence-electron chi connectivity index (χ4n) is 1.74. The van der Waals surface area contributed by atoms with Crippen molar-refractivity contribution in [3.63, 3.8) is 0 Å². The highest BCUT2D eigenvalue weighted by Crippen LogP contribution is 2.25. The van der Waals surface area contributed by atoms with E-state index < -0.39 is 9.84 Å². The molecule has 2 rings (SSSR count). The van der Waals surface area contributed by atoms with Gasteiger partial charge in [0.25, 0.3) is 0 Å². The summed E-state index contributed by atoms with van der Waals surface area (Å²) in [7, 11) is -1.44. The predicted molar refractivity (Wildman–Crippen MR) is 81.5 cm³/mol. The van der Waals surface area contributed by atoms with Crippen LogP contribution >= 0.6 is 27.3 Å². The Labute approximate surface area is 125 Å². The second kappa shape index (κ2) is 5.60. The minimum absolute atomic E-state index is 0.256. The number of halogens is 1. The molecule has 0 aliphatic heterocycles. The van der Waals surface area contributed by atoms with Gasteiger partial charge in [-0.15, -0.1) is 11.3 Å². The lowest BCUT2D eigenvalue weighted by Crippen LogP contribution is -2.20. The summed E-state index contributed by atoms with van der Waals surface area (Å²) in [5.74, 6) is 0.479. The molecular weight excluding hydrogens is 348 g/mol. The number of hydrogen-bond acceptors (Lipinski definition) is 5. The fraction of sp³-hybridized carbons (Fsp3) is 0.250. The van der Waals surface area contributed by atoms with Crippen LogP contribution in [0.4, 0.5) is 5.82 Å². The largest absolute Gasteiger partial charge is 0.354 e. The van der Waals surface area contributed by atoms with Crippen molar-refractivity contribution in [2.45, 2.75) is 11.4 Å². The standard InChI is InChI=1S/C12H13BrN2O2S2/c1-15(7-9-6-11(13)18-8-9)12-10(19(2,16)17)4-3-5-14-12/h3-6,8H,7H2,1-2H3. The lowest BCUT2D eigenvalue weighted by molar-refractivity contribution is 0.601. The van der Waals surface area contributed by atoms with Crippen molar-refractivity contribution in [1.29, 1.82) is 0 Å². The van der Waals surface area contributed by atoms with E-state index >= 15 is 0 Å². The van der Waals surface area contributed by atoms with Gasteiger partial charge in [-0.25, -0.2) is 13.4 Å². The van der Waals surface area contributed by atoms with Crippen molar-refractivity contribution in [2.24, 2.45) is 0 Å². The molecular formula is C12H13BrN2O2S2. The number of pyridine rings is 1. The van der Waals surface area contributed by atoms with Crippen molar-refractivity contribution in [1.82, 2.24) is 4.98 Å². The summed E-state index contributed by atoms with van der Waals surface area (Å²) in [6, 6.07) is 5.23. The number of sulfone groups is 1. The van der Waals surface area contributed by atoms with E-state index in [2.05, 4.69) is 20.9 Å². The van der Waals surface area contributed by atoms with E-state index in [0.29, 0.717) is 12.4 Å². The molecule has 0 atom stereocenters. The van der Waals surface area contributed by atoms with E-state index in [9.17, 15) is 8.42 Å². The van der Waals surface area contributed by atoms with Crippen molar-refractivity contribution in [2.75, 3.05) is 18.2 Å². The molecule has 0 bridgehead atoms. The third-order valence-corrected chi connectivity index (χ3v) is 5.22. The van der Waals surface area contributed by atoms with E-state index in [-0.39, 0.29) is 4.90 Å². The van der Waals surface area contributed by atoms with Gasteiger partial charge in [-0.3, -0.25) is 0 Å². The summed E-state index contributed by atoms with van der Waals surface area (Å²) in [6.45, 7) is 0.613. The van der Waals surface area contributed by atoms with Crippen molar-refractivity contribution < 1.29 is 8.42 Å². The molecule has 0 N–H and O–H groups in total. The molecule has 0 radical (unpaired) electrons. The molecule has 0 aliphatic carbocycles. The van der Waals surface area contributed by atoms with E-state index in [1.54, 1.807) is 29.7 Å². The first-order chi connectivity index (χ1) is 8.88. The Morgan fingerprint density at radius 1 is 1.47 bits per heavy atom. The monoisotopic (exact) mass is 360 g/mol. The molecule has 19 heavy (non-hydrogen) atoms. The molecule has 2 heterocycles. The van der Waals surface area contributed by atoms with Crippen molar-refractivity contribution in [3.8, 4) is 0 Å². The first-order valence-electron chi connectivity index (χ1n) is 5.47. The van der Waals surface area contributed by atoms with Crippen LogP contribution in [-0.4, -0.2) is 26.7 Å². The molecule has 7 heteroatoms. The minimum atomic E-state index is -3.28. The maximum atomic E-state index is 11.7. The number of thiophene rings is 1. The molecule has 0 saturated carbocycles. The van der Waals surface area contributed by atoms with Gasteiger partial charge in [0.15, 0.2) is 9.84 Å².